The van der Waals surface area contributed by atoms with E-state index in [-0.39, 0.29) is 5.92 Å². The third-order valence-corrected chi connectivity index (χ3v) is 5.44. The van der Waals surface area contributed by atoms with Crippen LogP contribution < -0.4 is 4.74 Å². The van der Waals surface area contributed by atoms with E-state index >= 15 is 0 Å². The second-order valence-electron chi connectivity index (χ2n) is 6.24. The largest absolute Gasteiger partial charge is 0.496 e. The van der Waals surface area contributed by atoms with Crippen LogP contribution in [-0.4, -0.2) is 7.11 Å². The van der Waals surface area contributed by atoms with Gasteiger partial charge in [-0.2, -0.15) is 11.3 Å². The van der Waals surface area contributed by atoms with Crippen LogP contribution in [0.15, 0.2) is 83.6 Å². The van der Waals surface area contributed by atoms with Crippen molar-refractivity contribution in [1.29, 1.82) is 0 Å². The first kappa shape index (κ1) is 15.9. The summed E-state index contributed by atoms with van der Waals surface area (Å²) in [6.07, 6.45) is 0.974. The lowest BCUT2D eigenvalue weighted by molar-refractivity contribution is 0.407. The second-order valence-corrected chi connectivity index (χ2v) is 7.02. The molecule has 2 heteroatoms. The maximum absolute atomic E-state index is 5.66. The molecule has 0 saturated carbocycles. The molecular weight excluding hydrogens is 324 g/mol. The summed E-state index contributed by atoms with van der Waals surface area (Å²) in [7, 11) is 1.75. The summed E-state index contributed by atoms with van der Waals surface area (Å²) >= 11 is 1.75. The molecule has 0 bridgehead atoms. The van der Waals surface area contributed by atoms with Gasteiger partial charge < -0.3 is 4.74 Å². The maximum Gasteiger partial charge on any atom is 0.122 e. The fourth-order valence-electron chi connectivity index (χ4n) is 3.43. The Labute approximate surface area is 152 Å². The van der Waals surface area contributed by atoms with Gasteiger partial charge in [-0.1, -0.05) is 60.7 Å². The number of methoxy groups -OCH3 is 1. The van der Waals surface area contributed by atoms with Crippen LogP contribution in [0.1, 0.15) is 22.6 Å². The quantitative estimate of drug-likeness (QED) is 0.414. The molecule has 4 aromatic rings. The normalized spacial score (nSPS) is 12.2. The van der Waals surface area contributed by atoms with Crippen LogP contribution in [0.5, 0.6) is 5.75 Å². The minimum atomic E-state index is 0.273. The third-order valence-electron chi connectivity index (χ3n) is 4.71. The fourth-order valence-corrected chi connectivity index (χ4v) is 4.11. The lowest BCUT2D eigenvalue weighted by Crippen LogP contribution is -2.06. The van der Waals surface area contributed by atoms with Crippen LogP contribution in [0.2, 0.25) is 0 Å². The van der Waals surface area contributed by atoms with Gasteiger partial charge in [0.1, 0.15) is 5.75 Å². The zero-order valence-corrected chi connectivity index (χ0v) is 15.0. The van der Waals surface area contributed by atoms with Gasteiger partial charge in [0.2, 0.25) is 0 Å². The Balaban J connectivity index is 1.83. The van der Waals surface area contributed by atoms with Gasteiger partial charge >= 0.3 is 0 Å². The predicted octanol–water partition coefficient (Wildman–Crippen LogP) is 6.28. The molecule has 25 heavy (non-hydrogen) atoms. The topological polar surface area (TPSA) is 9.23 Å². The molecule has 1 nitrogen and oxygen atoms in total. The van der Waals surface area contributed by atoms with E-state index in [1.807, 2.05) is 6.07 Å². The van der Waals surface area contributed by atoms with Crippen molar-refractivity contribution in [3.05, 3.63) is 100 Å². The summed E-state index contributed by atoms with van der Waals surface area (Å²) in [5.41, 5.74) is 3.94. The standard InChI is InChI=1S/C23H20OS/c1-24-23-9-5-4-8-21(23)22(14-17-12-13-25-16-17)20-11-10-18-6-2-3-7-19(18)15-20/h2-13,15-16,22H,14H2,1H3/t22-/m0/s1. The third kappa shape index (κ3) is 3.31. The molecule has 4 rings (SSSR count). The van der Waals surface area contributed by atoms with Crippen molar-refractivity contribution >= 4 is 22.1 Å². The van der Waals surface area contributed by atoms with Crippen molar-refractivity contribution in [1.82, 2.24) is 0 Å². The zero-order chi connectivity index (χ0) is 17.1. The van der Waals surface area contributed by atoms with Crippen molar-refractivity contribution in [2.24, 2.45) is 0 Å². The molecule has 0 saturated heterocycles. The van der Waals surface area contributed by atoms with Gasteiger partial charge in [0, 0.05) is 11.5 Å². The molecule has 124 valence electrons. The van der Waals surface area contributed by atoms with Crippen molar-refractivity contribution in [3.8, 4) is 5.75 Å². The first-order valence-corrected chi connectivity index (χ1v) is 9.42. The van der Waals surface area contributed by atoms with Crippen molar-refractivity contribution < 1.29 is 4.74 Å². The Bertz CT molecular complexity index is 972. The molecule has 0 fully saturated rings. The highest BCUT2D eigenvalue weighted by molar-refractivity contribution is 7.07. The van der Waals surface area contributed by atoms with E-state index in [2.05, 4.69) is 77.5 Å². The summed E-state index contributed by atoms with van der Waals surface area (Å²) in [6.45, 7) is 0. The molecule has 1 heterocycles. The Morgan fingerprint density at radius 1 is 0.880 bits per heavy atom. The first-order chi connectivity index (χ1) is 12.3. The Hall–Kier alpha value is -2.58. The number of rotatable bonds is 5. The molecule has 0 aliphatic heterocycles. The first-order valence-electron chi connectivity index (χ1n) is 8.48. The molecule has 0 aliphatic rings. The summed E-state index contributed by atoms with van der Waals surface area (Å²) < 4.78 is 5.66. The van der Waals surface area contributed by atoms with Crippen LogP contribution in [0.4, 0.5) is 0 Å². The molecule has 0 radical (unpaired) electrons. The van der Waals surface area contributed by atoms with E-state index in [1.165, 1.54) is 27.5 Å². The van der Waals surface area contributed by atoms with E-state index in [4.69, 9.17) is 4.74 Å². The minimum absolute atomic E-state index is 0.273. The van der Waals surface area contributed by atoms with Gasteiger partial charge in [-0.15, -0.1) is 0 Å². The molecule has 0 spiro atoms. The zero-order valence-electron chi connectivity index (χ0n) is 14.2. The Kier molecular flexibility index (Phi) is 4.53. The van der Waals surface area contributed by atoms with E-state index in [9.17, 15) is 0 Å². The molecule has 3 aromatic carbocycles. The van der Waals surface area contributed by atoms with Crippen molar-refractivity contribution in [2.45, 2.75) is 12.3 Å². The lowest BCUT2D eigenvalue weighted by Gasteiger charge is -2.21. The van der Waals surface area contributed by atoms with E-state index in [0.717, 1.165) is 12.2 Å². The van der Waals surface area contributed by atoms with Crippen LogP contribution >= 0.6 is 11.3 Å². The monoisotopic (exact) mass is 344 g/mol. The second kappa shape index (κ2) is 7.12. The number of hydrogen-bond donors (Lipinski definition) is 0. The Morgan fingerprint density at radius 3 is 2.48 bits per heavy atom. The number of hydrogen-bond acceptors (Lipinski definition) is 2. The van der Waals surface area contributed by atoms with Gasteiger partial charge in [-0.3, -0.25) is 0 Å². The van der Waals surface area contributed by atoms with E-state index in [0.29, 0.717) is 0 Å². The fraction of sp³-hybridized carbons (Fsp3) is 0.130. The van der Waals surface area contributed by atoms with Crippen LogP contribution in [0.25, 0.3) is 10.8 Å². The molecule has 1 aromatic heterocycles. The molecule has 1 atom stereocenters. The predicted molar refractivity (Wildman–Crippen MR) is 107 cm³/mol. The lowest BCUT2D eigenvalue weighted by atomic mass is 9.85. The average molecular weight is 344 g/mol. The SMILES string of the molecule is COc1ccccc1[C@@H](Cc1ccsc1)c1ccc2ccccc2c1. The highest BCUT2D eigenvalue weighted by Crippen LogP contribution is 2.36. The van der Waals surface area contributed by atoms with Gasteiger partial charge in [0.05, 0.1) is 7.11 Å². The van der Waals surface area contributed by atoms with Gasteiger partial charge in [-0.05, 0) is 51.2 Å². The number of thiophene rings is 1. The summed E-state index contributed by atoms with van der Waals surface area (Å²) in [5, 5.41) is 6.95. The maximum atomic E-state index is 5.66. The Morgan fingerprint density at radius 2 is 1.68 bits per heavy atom. The summed E-state index contributed by atoms with van der Waals surface area (Å²) in [4.78, 5) is 0. The summed E-state index contributed by atoms with van der Waals surface area (Å²) in [5.74, 6) is 1.23. The average Bonchev–Trinajstić information content (AvgIpc) is 3.19. The molecular formula is C23H20OS. The van der Waals surface area contributed by atoms with Crippen LogP contribution in [-0.2, 0) is 6.42 Å². The van der Waals surface area contributed by atoms with Crippen molar-refractivity contribution in [2.75, 3.05) is 7.11 Å². The molecule has 0 amide bonds. The highest BCUT2D eigenvalue weighted by atomic mass is 32.1. The highest BCUT2D eigenvalue weighted by Gasteiger charge is 2.19. The van der Waals surface area contributed by atoms with Crippen LogP contribution in [0.3, 0.4) is 0 Å². The molecule has 0 unspecified atom stereocenters. The number of para-hydroxylation sites is 1. The minimum Gasteiger partial charge on any atom is -0.496 e. The van der Waals surface area contributed by atoms with Gasteiger partial charge in [0.25, 0.3) is 0 Å². The van der Waals surface area contributed by atoms with Gasteiger partial charge in [-0.25, -0.2) is 0 Å². The number of benzene rings is 3. The molecule has 0 aliphatic carbocycles. The molecule has 0 N–H and O–H groups in total. The number of fused-ring (bicyclic) bond motifs is 1. The van der Waals surface area contributed by atoms with Gasteiger partial charge in [0.15, 0.2) is 0 Å². The number of ether oxygens (including phenoxy) is 1. The van der Waals surface area contributed by atoms with Crippen molar-refractivity contribution in [3.63, 3.8) is 0 Å². The summed E-state index contributed by atoms with van der Waals surface area (Å²) in [6, 6.07) is 25.9. The van der Waals surface area contributed by atoms with E-state index in [1.54, 1.807) is 18.4 Å². The van der Waals surface area contributed by atoms with E-state index < -0.39 is 0 Å². The van der Waals surface area contributed by atoms with Crippen LogP contribution in [0, 0.1) is 0 Å². The smallest absolute Gasteiger partial charge is 0.122 e.